The Morgan fingerprint density at radius 3 is 2.57 bits per heavy atom. The van der Waals surface area contributed by atoms with E-state index in [2.05, 4.69) is 48.2 Å². The number of H-pyrrole nitrogens is 1. The number of nitrogens with zero attached hydrogens (tertiary/aromatic N) is 6. The Labute approximate surface area is 204 Å². The van der Waals surface area contributed by atoms with Gasteiger partial charge in [-0.3, -0.25) is 24.7 Å². The van der Waals surface area contributed by atoms with Gasteiger partial charge in [0.15, 0.2) is 5.65 Å². The van der Waals surface area contributed by atoms with Gasteiger partial charge in [0.05, 0.1) is 11.9 Å². The molecule has 35 heavy (non-hydrogen) atoms. The Kier molecular flexibility index (Phi) is 5.98. The van der Waals surface area contributed by atoms with Gasteiger partial charge in [0.2, 0.25) is 5.91 Å². The maximum absolute atomic E-state index is 14.0. The largest absolute Gasteiger partial charge is 0.336 e. The SMILES string of the molecule is O=C(C(c1ccccc1)N1CCN(Cc2ccccn2)CC1)N1CCc2c(cnc3[nH]ncc23)C1. The van der Waals surface area contributed by atoms with Gasteiger partial charge in [0, 0.05) is 63.6 Å². The first-order valence-electron chi connectivity index (χ1n) is 12.3. The molecule has 1 fully saturated rings. The third kappa shape index (κ3) is 4.42. The van der Waals surface area contributed by atoms with Crippen molar-refractivity contribution in [3.63, 3.8) is 0 Å². The molecule has 1 saturated heterocycles. The zero-order chi connectivity index (χ0) is 23.6. The number of fused-ring (bicyclic) bond motifs is 3. The van der Waals surface area contributed by atoms with Crippen molar-refractivity contribution in [1.82, 2.24) is 34.9 Å². The maximum Gasteiger partial charge on any atom is 0.244 e. The summed E-state index contributed by atoms with van der Waals surface area (Å²) in [6.07, 6.45) is 6.40. The number of piperazine rings is 1. The average Bonchev–Trinajstić information content (AvgIpc) is 3.40. The Morgan fingerprint density at radius 1 is 0.943 bits per heavy atom. The molecule has 1 N–H and O–H groups in total. The summed E-state index contributed by atoms with van der Waals surface area (Å²) < 4.78 is 0. The lowest BCUT2D eigenvalue weighted by Crippen LogP contribution is -2.52. The molecule has 0 radical (unpaired) electrons. The van der Waals surface area contributed by atoms with Crippen LogP contribution in [0.15, 0.2) is 67.1 Å². The Hall–Kier alpha value is -3.62. The number of carbonyl (C=O) groups excluding carboxylic acids is 1. The molecule has 8 heteroatoms. The highest BCUT2D eigenvalue weighted by atomic mass is 16.2. The van der Waals surface area contributed by atoms with E-state index >= 15 is 0 Å². The smallest absolute Gasteiger partial charge is 0.244 e. The predicted octanol–water partition coefficient (Wildman–Crippen LogP) is 2.80. The number of aromatic amines is 1. The topological polar surface area (TPSA) is 81.3 Å². The summed E-state index contributed by atoms with van der Waals surface area (Å²) in [6.45, 7) is 5.66. The normalized spacial score (nSPS) is 17.9. The Bertz CT molecular complexity index is 1300. The van der Waals surface area contributed by atoms with Crippen LogP contribution in [0.5, 0.6) is 0 Å². The molecule has 1 aromatic carbocycles. The summed E-state index contributed by atoms with van der Waals surface area (Å²) in [6, 6.07) is 16.0. The quantitative estimate of drug-likeness (QED) is 0.486. The van der Waals surface area contributed by atoms with E-state index in [0.29, 0.717) is 13.1 Å². The summed E-state index contributed by atoms with van der Waals surface area (Å²) in [5, 5.41) is 8.16. The van der Waals surface area contributed by atoms with E-state index in [0.717, 1.165) is 67.0 Å². The number of amides is 1. The van der Waals surface area contributed by atoms with Gasteiger partial charge in [-0.15, -0.1) is 0 Å². The standard InChI is InChI=1S/C27H29N7O/c35-27(34-11-9-23-21(18-34)16-29-26-24(23)17-30-31-26)25(20-6-2-1-3-7-20)33-14-12-32(13-15-33)19-22-8-4-5-10-28-22/h1-8,10,16-17,25H,9,11-15,18-19H2,(H,29,30,31). The van der Waals surface area contributed by atoms with Crippen LogP contribution in [-0.4, -0.2) is 73.5 Å². The first-order valence-corrected chi connectivity index (χ1v) is 12.3. The summed E-state index contributed by atoms with van der Waals surface area (Å²) in [5.41, 5.74) is 5.33. The van der Waals surface area contributed by atoms with Gasteiger partial charge < -0.3 is 4.90 Å². The second kappa shape index (κ2) is 9.56. The molecule has 1 amide bonds. The number of pyridine rings is 2. The third-order valence-corrected chi connectivity index (χ3v) is 7.22. The molecule has 8 nitrogen and oxygen atoms in total. The van der Waals surface area contributed by atoms with E-state index in [9.17, 15) is 4.79 Å². The fraction of sp³-hybridized carbons (Fsp3) is 0.333. The van der Waals surface area contributed by atoms with Crippen molar-refractivity contribution in [2.75, 3.05) is 32.7 Å². The number of rotatable bonds is 5. The minimum Gasteiger partial charge on any atom is -0.336 e. The minimum absolute atomic E-state index is 0.173. The van der Waals surface area contributed by atoms with Crippen molar-refractivity contribution in [3.05, 3.63) is 89.5 Å². The lowest BCUT2D eigenvalue weighted by Gasteiger charge is -2.41. The van der Waals surface area contributed by atoms with Crippen LogP contribution in [0.25, 0.3) is 11.0 Å². The second-order valence-corrected chi connectivity index (χ2v) is 9.35. The average molecular weight is 468 g/mol. The molecule has 2 aliphatic rings. The molecule has 6 rings (SSSR count). The summed E-state index contributed by atoms with van der Waals surface area (Å²) in [4.78, 5) is 29.8. The van der Waals surface area contributed by atoms with Crippen molar-refractivity contribution in [3.8, 4) is 0 Å². The van der Waals surface area contributed by atoms with E-state index in [1.54, 1.807) is 0 Å². The number of hydrogen-bond acceptors (Lipinski definition) is 6. The van der Waals surface area contributed by atoms with Crippen molar-refractivity contribution >= 4 is 16.9 Å². The summed E-state index contributed by atoms with van der Waals surface area (Å²) in [5.74, 6) is 0.173. The van der Waals surface area contributed by atoms with Gasteiger partial charge >= 0.3 is 0 Å². The number of aromatic nitrogens is 4. The van der Waals surface area contributed by atoms with Crippen LogP contribution in [0.3, 0.4) is 0 Å². The van der Waals surface area contributed by atoms with Gasteiger partial charge in [-0.1, -0.05) is 36.4 Å². The van der Waals surface area contributed by atoms with Crippen LogP contribution >= 0.6 is 0 Å². The monoisotopic (exact) mass is 467 g/mol. The highest BCUT2D eigenvalue weighted by Gasteiger charge is 2.35. The molecule has 0 saturated carbocycles. The first kappa shape index (κ1) is 21.9. The fourth-order valence-corrected chi connectivity index (χ4v) is 5.36. The highest BCUT2D eigenvalue weighted by molar-refractivity contribution is 5.85. The van der Waals surface area contributed by atoms with E-state index in [4.69, 9.17) is 0 Å². The van der Waals surface area contributed by atoms with E-state index in [1.807, 2.05) is 53.8 Å². The molecule has 1 atom stereocenters. The second-order valence-electron chi connectivity index (χ2n) is 9.35. The molecular formula is C27H29N7O. The lowest BCUT2D eigenvalue weighted by molar-refractivity contribution is -0.139. The molecule has 178 valence electrons. The van der Waals surface area contributed by atoms with Gasteiger partial charge in [0.1, 0.15) is 6.04 Å². The summed E-state index contributed by atoms with van der Waals surface area (Å²) >= 11 is 0. The van der Waals surface area contributed by atoms with Gasteiger partial charge in [-0.05, 0) is 35.2 Å². The molecule has 3 aromatic heterocycles. The van der Waals surface area contributed by atoms with Crippen LogP contribution in [0, 0.1) is 0 Å². The van der Waals surface area contributed by atoms with Gasteiger partial charge in [-0.25, -0.2) is 4.98 Å². The van der Waals surface area contributed by atoms with Crippen molar-refractivity contribution in [2.24, 2.45) is 0 Å². The van der Waals surface area contributed by atoms with Crippen molar-refractivity contribution in [1.29, 1.82) is 0 Å². The third-order valence-electron chi connectivity index (χ3n) is 7.22. The number of hydrogen-bond donors (Lipinski definition) is 1. The predicted molar refractivity (Wildman–Crippen MR) is 133 cm³/mol. The van der Waals surface area contributed by atoms with E-state index < -0.39 is 0 Å². The van der Waals surface area contributed by atoms with Crippen molar-refractivity contribution in [2.45, 2.75) is 25.6 Å². The fourth-order valence-electron chi connectivity index (χ4n) is 5.36. The number of benzene rings is 1. The Morgan fingerprint density at radius 2 is 1.77 bits per heavy atom. The van der Waals surface area contributed by atoms with E-state index in [1.165, 1.54) is 5.56 Å². The number of nitrogens with one attached hydrogen (secondary N) is 1. The van der Waals surface area contributed by atoms with Gasteiger partial charge in [-0.2, -0.15) is 5.10 Å². The highest BCUT2D eigenvalue weighted by Crippen LogP contribution is 2.30. The lowest BCUT2D eigenvalue weighted by atomic mass is 9.97. The zero-order valence-corrected chi connectivity index (χ0v) is 19.7. The van der Waals surface area contributed by atoms with Gasteiger partial charge in [0.25, 0.3) is 0 Å². The molecule has 0 spiro atoms. The molecule has 4 aromatic rings. The maximum atomic E-state index is 14.0. The van der Waals surface area contributed by atoms with Crippen LogP contribution in [0.1, 0.15) is 28.4 Å². The summed E-state index contributed by atoms with van der Waals surface area (Å²) in [7, 11) is 0. The van der Waals surface area contributed by atoms with Crippen LogP contribution < -0.4 is 0 Å². The minimum atomic E-state index is -0.277. The molecule has 0 bridgehead atoms. The molecule has 0 aliphatic carbocycles. The molecule has 1 unspecified atom stereocenters. The van der Waals surface area contributed by atoms with Crippen LogP contribution in [0.4, 0.5) is 0 Å². The number of carbonyl (C=O) groups is 1. The first-order chi connectivity index (χ1) is 17.3. The molecular weight excluding hydrogens is 438 g/mol. The molecule has 5 heterocycles. The van der Waals surface area contributed by atoms with Crippen LogP contribution in [0.2, 0.25) is 0 Å². The Balaban J connectivity index is 1.20. The zero-order valence-electron chi connectivity index (χ0n) is 19.7. The molecule has 2 aliphatic heterocycles. The van der Waals surface area contributed by atoms with Crippen molar-refractivity contribution < 1.29 is 4.79 Å². The van der Waals surface area contributed by atoms with E-state index in [-0.39, 0.29) is 11.9 Å². The van der Waals surface area contributed by atoms with Crippen LogP contribution in [-0.2, 0) is 24.3 Å².